The Morgan fingerprint density at radius 3 is 2.32 bits per heavy atom. The molecule has 0 spiro atoms. The fourth-order valence-corrected chi connectivity index (χ4v) is 2.31. The van der Waals surface area contributed by atoms with Gasteiger partial charge in [-0.1, -0.05) is 40.2 Å². The number of benzene rings is 2. The van der Waals surface area contributed by atoms with Crippen molar-refractivity contribution in [2.45, 2.75) is 19.4 Å². The molecule has 0 saturated carbocycles. The van der Waals surface area contributed by atoms with Crippen LogP contribution in [-0.2, 0) is 11.2 Å². The molecule has 0 aliphatic heterocycles. The van der Waals surface area contributed by atoms with E-state index < -0.39 is 4.92 Å². The van der Waals surface area contributed by atoms with Gasteiger partial charge in [-0.25, -0.2) is 0 Å². The third-order valence-corrected chi connectivity index (χ3v) is 3.79. The first-order valence-corrected chi connectivity index (χ1v) is 7.53. The number of carbonyl (C=O) groups is 1. The van der Waals surface area contributed by atoms with Gasteiger partial charge in [-0.05, 0) is 30.2 Å². The highest BCUT2D eigenvalue weighted by atomic mass is 79.9. The summed E-state index contributed by atoms with van der Waals surface area (Å²) in [5, 5.41) is 13.5. The van der Waals surface area contributed by atoms with Crippen molar-refractivity contribution in [1.29, 1.82) is 0 Å². The molecule has 0 bridgehead atoms. The Morgan fingerprint density at radius 1 is 1.18 bits per heavy atom. The molecule has 0 unspecified atom stereocenters. The summed E-state index contributed by atoms with van der Waals surface area (Å²) in [7, 11) is 0. The molecule has 2 rings (SSSR count). The second-order valence-electron chi connectivity index (χ2n) is 4.94. The molecule has 1 atom stereocenters. The Kier molecular flexibility index (Phi) is 5.27. The summed E-state index contributed by atoms with van der Waals surface area (Å²) < 4.78 is 0.987. The molecule has 0 radical (unpaired) electrons. The van der Waals surface area contributed by atoms with Gasteiger partial charge in [0.2, 0.25) is 5.91 Å². The van der Waals surface area contributed by atoms with Gasteiger partial charge in [-0.2, -0.15) is 0 Å². The van der Waals surface area contributed by atoms with Crippen LogP contribution in [0.1, 0.15) is 24.1 Å². The molecule has 1 amide bonds. The number of hydrogen-bond acceptors (Lipinski definition) is 3. The summed E-state index contributed by atoms with van der Waals surface area (Å²) in [4.78, 5) is 22.2. The molecule has 6 heteroatoms. The summed E-state index contributed by atoms with van der Waals surface area (Å²) in [6, 6.07) is 13.6. The minimum absolute atomic E-state index is 0.0207. The largest absolute Gasteiger partial charge is 0.349 e. The minimum Gasteiger partial charge on any atom is -0.349 e. The topological polar surface area (TPSA) is 72.2 Å². The maximum atomic E-state index is 12.0. The first-order chi connectivity index (χ1) is 10.5. The third kappa shape index (κ3) is 4.39. The number of nitrogens with zero attached hydrogens (tertiary/aromatic N) is 1. The van der Waals surface area contributed by atoms with Crippen molar-refractivity contribution in [2.75, 3.05) is 0 Å². The Labute approximate surface area is 136 Å². The smallest absolute Gasteiger partial charge is 0.269 e. The van der Waals surface area contributed by atoms with Crippen LogP contribution in [0.25, 0.3) is 0 Å². The van der Waals surface area contributed by atoms with Gasteiger partial charge in [0.1, 0.15) is 0 Å². The Morgan fingerprint density at radius 2 is 1.77 bits per heavy atom. The monoisotopic (exact) mass is 362 g/mol. The van der Waals surface area contributed by atoms with Gasteiger partial charge in [0.05, 0.1) is 17.4 Å². The Balaban J connectivity index is 1.94. The van der Waals surface area contributed by atoms with E-state index in [1.165, 1.54) is 12.1 Å². The first kappa shape index (κ1) is 16.2. The molecule has 0 heterocycles. The fourth-order valence-electron chi connectivity index (χ4n) is 2.05. The van der Waals surface area contributed by atoms with Crippen LogP contribution in [0.15, 0.2) is 53.0 Å². The zero-order chi connectivity index (χ0) is 16.1. The molecule has 0 aromatic heterocycles. The van der Waals surface area contributed by atoms with Crippen LogP contribution in [-0.4, -0.2) is 10.8 Å². The molecule has 5 nitrogen and oxygen atoms in total. The number of nitro groups is 1. The number of carbonyl (C=O) groups excluding carboxylic acids is 1. The SMILES string of the molecule is C[C@H](NC(=O)Cc1ccc([N+](=O)[O-])cc1)c1ccc(Br)cc1. The van der Waals surface area contributed by atoms with Crippen LogP contribution in [0, 0.1) is 10.1 Å². The van der Waals surface area contributed by atoms with Crippen molar-refractivity contribution in [3.8, 4) is 0 Å². The first-order valence-electron chi connectivity index (χ1n) is 6.74. The minimum atomic E-state index is -0.459. The number of hydrogen-bond donors (Lipinski definition) is 1. The molecule has 0 fully saturated rings. The van der Waals surface area contributed by atoms with Crippen LogP contribution >= 0.6 is 15.9 Å². The van der Waals surface area contributed by atoms with Crippen molar-refractivity contribution in [3.63, 3.8) is 0 Å². The van der Waals surface area contributed by atoms with Crippen LogP contribution in [0.4, 0.5) is 5.69 Å². The molecule has 1 N–H and O–H groups in total. The predicted molar refractivity (Wildman–Crippen MR) is 87.5 cm³/mol. The molecule has 0 aliphatic rings. The molecule has 2 aromatic carbocycles. The van der Waals surface area contributed by atoms with Crippen molar-refractivity contribution >= 4 is 27.5 Å². The summed E-state index contributed by atoms with van der Waals surface area (Å²) in [6.07, 6.45) is 0.193. The van der Waals surface area contributed by atoms with E-state index in [9.17, 15) is 14.9 Å². The average Bonchev–Trinajstić information content (AvgIpc) is 2.48. The predicted octanol–water partition coefficient (Wildman–Crippen LogP) is 3.78. The van der Waals surface area contributed by atoms with Crippen molar-refractivity contribution in [2.24, 2.45) is 0 Å². The molecular formula is C16H15BrN2O3. The average molecular weight is 363 g/mol. The molecule has 2 aromatic rings. The van der Waals surface area contributed by atoms with Gasteiger partial charge in [-0.15, -0.1) is 0 Å². The number of rotatable bonds is 5. The zero-order valence-corrected chi connectivity index (χ0v) is 13.5. The lowest BCUT2D eigenvalue weighted by Crippen LogP contribution is -2.28. The highest BCUT2D eigenvalue weighted by Crippen LogP contribution is 2.17. The van der Waals surface area contributed by atoms with Gasteiger partial charge in [-0.3, -0.25) is 14.9 Å². The van der Waals surface area contributed by atoms with Gasteiger partial charge in [0.15, 0.2) is 0 Å². The summed E-state index contributed by atoms with van der Waals surface area (Å²) in [5.74, 6) is -0.121. The second kappa shape index (κ2) is 7.17. The second-order valence-corrected chi connectivity index (χ2v) is 5.86. The van der Waals surface area contributed by atoms with Crippen LogP contribution in [0.5, 0.6) is 0 Å². The van der Waals surface area contributed by atoms with E-state index in [1.54, 1.807) is 12.1 Å². The number of halogens is 1. The molecule has 0 saturated heterocycles. The van der Waals surface area contributed by atoms with Crippen LogP contribution < -0.4 is 5.32 Å². The lowest BCUT2D eigenvalue weighted by Gasteiger charge is -2.14. The maximum absolute atomic E-state index is 12.0. The number of nitrogens with one attached hydrogen (secondary N) is 1. The molecule has 114 valence electrons. The van der Waals surface area contributed by atoms with E-state index in [1.807, 2.05) is 31.2 Å². The van der Waals surface area contributed by atoms with E-state index in [0.717, 1.165) is 15.6 Å². The van der Waals surface area contributed by atoms with E-state index in [4.69, 9.17) is 0 Å². The van der Waals surface area contributed by atoms with E-state index in [0.29, 0.717) is 0 Å². The van der Waals surface area contributed by atoms with Gasteiger partial charge in [0, 0.05) is 16.6 Å². The maximum Gasteiger partial charge on any atom is 0.269 e. The van der Waals surface area contributed by atoms with Crippen molar-refractivity contribution < 1.29 is 9.72 Å². The Bertz CT molecular complexity index is 669. The molecular weight excluding hydrogens is 348 g/mol. The zero-order valence-electron chi connectivity index (χ0n) is 12.0. The van der Waals surface area contributed by atoms with Crippen molar-refractivity contribution in [3.05, 3.63) is 74.2 Å². The lowest BCUT2D eigenvalue weighted by molar-refractivity contribution is -0.384. The molecule has 0 aliphatic carbocycles. The van der Waals surface area contributed by atoms with Gasteiger partial charge >= 0.3 is 0 Å². The van der Waals surface area contributed by atoms with Crippen LogP contribution in [0.3, 0.4) is 0 Å². The fraction of sp³-hybridized carbons (Fsp3) is 0.188. The number of non-ortho nitro benzene ring substituents is 1. The standard InChI is InChI=1S/C16H15BrN2O3/c1-11(13-4-6-14(17)7-5-13)18-16(20)10-12-2-8-15(9-3-12)19(21)22/h2-9,11H,10H2,1H3,(H,18,20)/t11-/m0/s1. The van der Waals surface area contributed by atoms with Gasteiger partial charge in [0.25, 0.3) is 5.69 Å². The highest BCUT2D eigenvalue weighted by molar-refractivity contribution is 9.10. The molecule has 22 heavy (non-hydrogen) atoms. The summed E-state index contributed by atoms with van der Waals surface area (Å²) in [6.45, 7) is 1.91. The van der Waals surface area contributed by atoms with E-state index in [-0.39, 0.29) is 24.1 Å². The normalized spacial score (nSPS) is 11.7. The number of amides is 1. The van der Waals surface area contributed by atoms with Gasteiger partial charge < -0.3 is 5.32 Å². The van der Waals surface area contributed by atoms with Crippen LogP contribution in [0.2, 0.25) is 0 Å². The van der Waals surface area contributed by atoms with E-state index >= 15 is 0 Å². The Hall–Kier alpha value is -2.21. The van der Waals surface area contributed by atoms with Crippen molar-refractivity contribution in [1.82, 2.24) is 5.32 Å². The third-order valence-electron chi connectivity index (χ3n) is 3.26. The van der Waals surface area contributed by atoms with E-state index in [2.05, 4.69) is 21.2 Å². The highest BCUT2D eigenvalue weighted by Gasteiger charge is 2.11. The summed E-state index contributed by atoms with van der Waals surface area (Å²) in [5.41, 5.74) is 1.78. The lowest BCUT2D eigenvalue weighted by atomic mass is 10.1. The number of nitro benzene ring substituents is 1. The summed E-state index contributed by atoms with van der Waals surface area (Å²) >= 11 is 3.37. The quantitative estimate of drug-likeness (QED) is 0.649.